The molecule has 2 aromatic rings. The number of H-pyrrole nitrogens is 1. The quantitative estimate of drug-likeness (QED) is 0.639. The Kier molecular flexibility index (Phi) is 4.69. The molecule has 0 unspecified atom stereocenters. The third-order valence-electron chi connectivity index (χ3n) is 5.55. The fraction of sp³-hybridized carbons (Fsp3) is 0.421. The average molecular weight is 399 g/mol. The molecule has 152 valence electrons. The molecule has 10 nitrogen and oxygen atoms in total. The van der Waals surface area contributed by atoms with E-state index in [1.165, 1.54) is 0 Å². The maximum atomic E-state index is 12.7. The molecule has 1 aliphatic carbocycles. The maximum absolute atomic E-state index is 12.7. The van der Waals surface area contributed by atoms with Crippen LogP contribution >= 0.6 is 0 Å². The van der Waals surface area contributed by atoms with Gasteiger partial charge in [0.1, 0.15) is 5.54 Å². The summed E-state index contributed by atoms with van der Waals surface area (Å²) < 4.78 is 1.05. The van der Waals surface area contributed by atoms with Gasteiger partial charge in [-0.1, -0.05) is 31.4 Å². The van der Waals surface area contributed by atoms with Crippen molar-refractivity contribution in [1.29, 1.82) is 0 Å². The fourth-order valence-corrected chi connectivity index (χ4v) is 4.01. The van der Waals surface area contributed by atoms with Crippen molar-refractivity contribution in [1.82, 2.24) is 25.5 Å². The van der Waals surface area contributed by atoms with Crippen LogP contribution in [-0.2, 0) is 16.1 Å². The molecule has 1 aromatic carbocycles. The number of hydrazine groups is 1. The molecule has 1 spiro atoms. The Morgan fingerprint density at radius 2 is 1.72 bits per heavy atom. The number of hydrogen-bond donors (Lipinski definition) is 3. The van der Waals surface area contributed by atoms with Crippen LogP contribution in [0.5, 0.6) is 0 Å². The number of hydrogen-bond acceptors (Lipinski definition) is 5. The molecule has 0 bridgehead atoms. The Hall–Kier alpha value is -3.43. The lowest BCUT2D eigenvalue weighted by atomic mass is 9.82. The smallest absolute Gasteiger partial charge is 0.322 e. The van der Waals surface area contributed by atoms with E-state index in [1.807, 2.05) is 0 Å². The predicted octanol–water partition coefficient (Wildman–Crippen LogP) is 0.366. The van der Waals surface area contributed by atoms with Crippen LogP contribution in [0.4, 0.5) is 4.79 Å². The van der Waals surface area contributed by atoms with E-state index < -0.39 is 34.5 Å². The van der Waals surface area contributed by atoms with Gasteiger partial charge in [-0.3, -0.25) is 29.7 Å². The molecule has 2 fully saturated rings. The molecule has 1 saturated carbocycles. The molecule has 2 aliphatic rings. The minimum atomic E-state index is -0.927. The molecular formula is C19H21N5O5. The number of aromatic amines is 1. The van der Waals surface area contributed by atoms with Gasteiger partial charge in [0, 0.05) is 6.42 Å². The molecule has 4 amide bonds. The molecule has 0 atom stereocenters. The van der Waals surface area contributed by atoms with Gasteiger partial charge in [-0.15, -0.1) is 0 Å². The van der Waals surface area contributed by atoms with E-state index >= 15 is 0 Å². The maximum Gasteiger partial charge on any atom is 0.344 e. The van der Waals surface area contributed by atoms with Gasteiger partial charge in [0.15, 0.2) is 0 Å². The number of amides is 4. The molecule has 10 heteroatoms. The van der Waals surface area contributed by atoms with E-state index in [0.29, 0.717) is 12.8 Å². The van der Waals surface area contributed by atoms with Crippen molar-refractivity contribution >= 4 is 28.6 Å². The van der Waals surface area contributed by atoms with E-state index in [1.54, 1.807) is 24.3 Å². The van der Waals surface area contributed by atoms with E-state index in [9.17, 15) is 24.0 Å². The summed E-state index contributed by atoms with van der Waals surface area (Å²) in [6.07, 6.45) is 3.60. The van der Waals surface area contributed by atoms with Crippen molar-refractivity contribution in [3.63, 3.8) is 0 Å². The number of fused-ring (bicyclic) bond motifs is 1. The highest BCUT2D eigenvalue weighted by molar-refractivity contribution is 6.08. The van der Waals surface area contributed by atoms with Gasteiger partial charge in [0.05, 0.1) is 17.3 Å². The van der Waals surface area contributed by atoms with Crippen LogP contribution in [0.2, 0.25) is 0 Å². The Morgan fingerprint density at radius 3 is 2.45 bits per heavy atom. The topological polar surface area (TPSA) is 133 Å². The first kappa shape index (κ1) is 18.9. The summed E-state index contributed by atoms with van der Waals surface area (Å²) in [5, 5.41) is 6.40. The number of rotatable bonds is 4. The normalized spacial score (nSPS) is 18.3. The Bertz CT molecular complexity index is 1110. The SMILES string of the molecule is O=C(CCn1[nH]c(=O)c2ccccc2c1=O)NN1C(=O)NC2(CCCCC2)C1=O. The van der Waals surface area contributed by atoms with Crippen molar-refractivity contribution in [2.24, 2.45) is 0 Å². The summed E-state index contributed by atoms with van der Waals surface area (Å²) in [4.78, 5) is 61.8. The number of urea groups is 1. The molecule has 29 heavy (non-hydrogen) atoms. The molecule has 4 rings (SSSR count). The van der Waals surface area contributed by atoms with E-state index in [0.717, 1.165) is 29.0 Å². The largest absolute Gasteiger partial charge is 0.344 e. The summed E-state index contributed by atoms with van der Waals surface area (Å²) >= 11 is 0. The van der Waals surface area contributed by atoms with Crippen LogP contribution in [-0.4, -0.2) is 38.2 Å². The minimum Gasteiger partial charge on any atom is -0.322 e. The molecule has 1 aliphatic heterocycles. The van der Waals surface area contributed by atoms with Gasteiger partial charge in [0.2, 0.25) is 5.91 Å². The number of imide groups is 1. The number of nitrogens with zero attached hydrogens (tertiary/aromatic N) is 2. The number of nitrogens with one attached hydrogen (secondary N) is 3. The second-order valence-corrected chi connectivity index (χ2v) is 7.44. The number of aromatic nitrogens is 2. The fourth-order valence-electron chi connectivity index (χ4n) is 4.01. The lowest BCUT2D eigenvalue weighted by molar-refractivity contribution is -0.140. The molecule has 3 N–H and O–H groups in total. The number of carbonyl (C=O) groups is 3. The lowest BCUT2D eigenvalue weighted by Crippen LogP contribution is -2.51. The van der Waals surface area contributed by atoms with Gasteiger partial charge >= 0.3 is 6.03 Å². The third kappa shape index (κ3) is 3.30. The summed E-state index contributed by atoms with van der Waals surface area (Å²) in [6.45, 7) is -0.0977. The summed E-state index contributed by atoms with van der Waals surface area (Å²) in [5.74, 6) is -1.06. The van der Waals surface area contributed by atoms with Crippen molar-refractivity contribution in [2.45, 2.75) is 50.6 Å². The van der Waals surface area contributed by atoms with Gasteiger partial charge in [0.25, 0.3) is 17.0 Å². The monoisotopic (exact) mass is 399 g/mol. The molecule has 1 saturated heterocycles. The van der Waals surface area contributed by atoms with Crippen molar-refractivity contribution in [2.75, 3.05) is 0 Å². The number of benzene rings is 1. The van der Waals surface area contributed by atoms with E-state index in [2.05, 4.69) is 15.8 Å². The number of aryl methyl sites for hydroxylation is 1. The third-order valence-corrected chi connectivity index (χ3v) is 5.55. The standard InChI is InChI=1S/C19H21N5O5/c25-14(21-24-17(28)19(20-18(24)29)9-4-1-5-10-19)8-11-23-16(27)13-7-3-2-6-12(13)15(26)22-23/h2-3,6-7H,1,4-5,8-11H2,(H,20,29)(H,21,25)(H,22,26). The first-order valence-electron chi connectivity index (χ1n) is 9.59. The Balaban J connectivity index is 1.45. The molecular weight excluding hydrogens is 378 g/mol. The summed E-state index contributed by atoms with van der Waals surface area (Å²) in [6, 6.07) is 5.75. The molecule has 0 radical (unpaired) electrons. The minimum absolute atomic E-state index is 0.0977. The highest BCUT2D eigenvalue weighted by atomic mass is 16.2. The lowest BCUT2D eigenvalue weighted by Gasteiger charge is -2.30. The van der Waals surface area contributed by atoms with Crippen molar-refractivity contribution in [3.05, 3.63) is 45.0 Å². The Labute approximate surface area is 164 Å². The van der Waals surface area contributed by atoms with Gasteiger partial charge in [-0.25, -0.2) is 9.48 Å². The summed E-state index contributed by atoms with van der Waals surface area (Å²) in [7, 11) is 0. The van der Waals surface area contributed by atoms with Gasteiger partial charge in [-0.05, 0) is 25.0 Å². The summed E-state index contributed by atoms with van der Waals surface area (Å²) in [5.41, 5.74) is 0.527. The highest BCUT2D eigenvalue weighted by Crippen LogP contribution is 2.32. The average Bonchev–Trinajstić information content (AvgIpc) is 2.94. The zero-order valence-corrected chi connectivity index (χ0v) is 15.7. The van der Waals surface area contributed by atoms with Crippen LogP contribution in [0.15, 0.2) is 33.9 Å². The van der Waals surface area contributed by atoms with E-state index in [4.69, 9.17) is 0 Å². The van der Waals surface area contributed by atoms with Crippen LogP contribution in [0.1, 0.15) is 38.5 Å². The second-order valence-electron chi connectivity index (χ2n) is 7.44. The van der Waals surface area contributed by atoms with Crippen molar-refractivity contribution < 1.29 is 14.4 Å². The zero-order chi connectivity index (χ0) is 20.6. The van der Waals surface area contributed by atoms with Crippen LogP contribution in [0.25, 0.3) is 10.8 Å². The van der Waals surface area contributed by atoms with E-state index in [-0.39, 0.29) is 23.7 Å². The highest BCUT2D eigenvalue weighted by Gasteiger charge is 2.52. The van der Waals surface area contributed by atoms with Crippen LogP contribution in [0.3, 0.4) is 0 Å². The predicted molar refractivity (Wildman–Crippen MR) is 103 cm³/mol. The van der Waals surface area contributed by atoms with Crippen LogP contribution < -0.4 is 21.9 Å². The first-order valence-corrected chi connectivity index (χ1v) is 9.59. The van der Waals surface area contributed by atoms with Gasteiger partial charge < -0.3 is 5.32 Å². The molecule has 1 aromatic heterocycles. The van der Waals surface area contributed by atoms with Crippen LogP contribution in [0, 0.1) is 0 Å². The zero-order valence-electron chi connectivity index (χ0n) is 15.7. The van der Waals surface area contributed by atoms with Crippen molar-refractivity contribution in [3.8, 4) is 0 Å². The first-order chi connectivity index (χ1) is 13.9. The Morgan fingerprint density at radius 1 is 1.03 bits per heavy atom. The van der Waals surface area contributed by atoms with Gasteiger partial charge in [-0.2, -0.15) is 5.01 Å². The number of carbonyl (C=O) groups excluding carboxylic acids is 3. The second kappa shape index (κ2) is 7.19. The molecule has 2 heterocycles.